The number of nitrogens with one attached hydrogen (secondary N) is 1. The zero-order valence-electron chi connectivity index (χ0n) is 17.7. The van der Waals surface area contributed by atoms with Gasteiger partial charge in [0.05, 0.1) is 46.2 Å². The first-order valence-corrected chi connectivity index (χ1v) is 11.6. The molecule has 0 spiro atoms. The lowest BCUT2D eigenvalue weighted by Gasteiger charge is -2.30. The van der Waals surface area contributed by atoms with Gasteiger partial charge in [-0.15, -0.1) is 0 Å². The molecule has 5 N–H and O–H groups in total. The van der Waals surface area contributed by atoms with E-state index in [1.807, 2.05) is 7.05 Å². The summed E-state index contributed by atoms with van der Waals surface area (Å²) in [7, 11) is -1.66. The first kappa shape index (κ1) is 20.9. The normalized spacial score (nSPS) is 20.3. The van der Waals surface area contributed by atoms with E-state index in [0.29, 0.717) is 41.2 Å². The summed E-state index contributed by atoms with van der Waals surface area (Å²) in [5.41, 5.74) is 14.2. The van der Waals surface area contributed by atoms with Gasteiger partial charge in [-0.05, 0) is 25.0 Å². The lowest BCUT2D eigenvalue weighted by Crippen LogP contribution is -2.49. The van der Waals surface area contributed by atoms with E-state index >= 15 is 0 Å². The third-order valence-corrected chi connectivity index (χ3v) is 7.34. The molecule has 0 amide bonds. The van der Waals surface area contributed by atoms with Crippen molar-refractivity contribution in [3.63, 3.8) is 0 Å². The van der Waals surface area contributed by atoms with Crippen LogP contribution >= 0.6 is 0 Å². The van der Waals surface area contributed by atoms with Gasteiger partial charge in [0.25, 0.3) is 10.0 Å². The van der Waals surface area contributed by atoms with Crippen molar-refractivity contribution in [2.24, 2.45) is 18.5 Å². The Morgan fingerprint density at radius 2 is 2.03 bits per heavy atom. The van der Waals surface area contributed by atoms with Crippen molar-refractivity contribution in [2.75, 3.05) is 0 Å². The maximum atomic E-state index is 12.4. The number of rotatable bonds is 4. The summed E-state index contributed by atoms with van der Waals surface area (Å²) in [6.07, 6.45) is 12.4. The molecule has 33 heavy (non-hydrogen) atoms. The van der Waals surface area contributed by atoms with E-state index in [1.165, 1.54) is 12.4 Å². The van der Waals surface area contributed by atoms with Gasteiger partial charge in [0, 0.05) is 31.3 Å². The van der Waals surface area contributed by atoms with Gasteiger partial charge in [-0.2, -0.15) is 14.3 Å². The number of allylic oxidation sites excluding steroid dienone is 1. The quantitative estimate of drug-likeness (QED) is 0.449. The average molecular weight is 464 g/mol. The van der Waals surface area contributed by atoms with E-state index in [9.17, 15) is 8.42 Å². The largest absolute Gasteiger partial charge is 0.398 e. The van der Waals surface area contributed by atoms with Crippen LogP contribution in [0.3, 0.4) is 0 Å². The second-order valence-electron chi connectivity index (χ2n) is 7.94. The molecule has 5 rings (SSSR count). The van der Waals surface area contributed by atoms with Gasteiger partial charge in [0.1, 0.15) is 0 Å². The van der Waals surface area contributed by atoms with E-state index in [1.54, 1.807) is 41.6 Å². The van der Waals surface area contributed by atoms with Crippen molar-refractivity contribution < 1.29 is 8.42 Å². The molecule has 1 atom stereocenters. The fourth-order valence-corrected chi connectivity index (χ4v) is 4.80. The highest BCUT2D eigenvalue weighted by Gasteiger charge is 2.38. The number of dihydropyridines is 1. The Hall–Kier alpha value is -3.95. The number of hydrogen-bond acceptors (Lipinski definition) is 9. The van der Waals surface area contributed by atoms with Gasteiger partial charge in [-0.25, -0.2) is 18.4 Å². The molecule has 1 saturated carbocycles. The second-order valence-corrected chi connectivity index (χ2v) is 10.0. The molecule has 3 aromatic rings. The Bertz CT molecular complexity index is 1470. The van der Waals surface area contributed by atoms with Crippen LogP contribution in [0.25, 0.3) is 11.4 Å². The molecule has 0 radical (unpaired) electrons. The zero-order valence-corrected chi connectivity index (χ0v) is 18.5. The van der Waals surface area contributed by atoms with E-state index < -0.39 is 15.7 Å². The highest BCUT2D eigenvalue weighted by Crippen LogP contribution is 2.30. The molecule has 12 heteroatoms. The second kappa shape index (κ2) is 7.58. The Kier molecular flexibility index (Phi) is 4.80. The Morgan fingerprint density at radius 3 is 2.73 bits per heavy atom. The molecule has 4 heterocycles. The monoisotopic (exact) mass is 463 g/mol. The van der Waals surface area contributed by atoms with Crippen LogP contribution in [0.2, 0.25) is 0 Å². The molecule has 168 valence electrons. The van der Waals surface area contributed by atoms with Crippen molar-refractivity contribution in [3.05, 3.63) is 71.9 Å². The van der Waals surface area contributed by atoms with Crippen molar-refractivity contribution in [3.8, 4) is 23.2 Å². The van der Waals surface area contributed by atoms with Crippen LogP contribution in [-0.2, 0) is 22.7 Å². The molecule has 0 bridgehead atoms. The number of hydrogen-bond donors (Lipinski definition) is 3. The summed E-state index contributed by atoms with van der Waals surface area (Å²) < 4.78 is 27.5. The SMILES string of the molecule is Cn1cc(C#CC2=CNC(N)(c3ccnc(-c4cnn(S(=O)(=O)C5CC5)c4)n3)C=C2N)cn1. The summed E-state index contributed by atoms with van der Waals surface area (Å²) in [6.45, 7) is 0. The maximum Gasteiger partial charge on any atom is 0.256 e. The topological polar surface area (TPSA) is 160 Å². The minimum Gasteiger partial charge on any atom is -0.398 e. The minimum absolute atomic E-state index is 0.300. The predicted molar refractivity (Wildman–Crippen MR) is 120 cm³/mol. The predicted octanol–water partition coefficient (Wildman–Crippen LogP) is -0.0932. The number of aromatic nitrogens is 6. The first-order chi connectivity index (χ1) is 15.7. The van der Waals surface area contributed by atoms with Gasteiger partial charge in [-0.1, -0.05) is 11.8 Å². The van der Waals surface area contributed by atoms with Gasteiger partial charge in [0.15, 0.2) is 11.5 Å². The van der Waals surface area contributed by atoms with Gasteiger partial charge in [-0.3, -0.25) is 4.68 Å². The number of nitrogens with two attached hydrogens (primary N) is 2. The van der Waals surface area contributed by atoms with Crippen LogP contribution in [0.15, 0.2) is 60.6 Å². The van der Waals surface area contributed by atoms with Gasteiger partial charge < -0.3 is 16.8 Å². The highest BCUT2D eigenvalue weighted by molar-refractivity contribution is 7.90. The fourth-order valence-electron chi connectivity index (χ4n) is 3.33. The Balaban J connectivity index is 1.40. The first-order valence-electron chi connectivity index (χ1n) is 10.1. The summed E-state index contributed by atoms with van der Waals surface area (Å²) >= 11 is 0. The molecular formula is C21H21N9O2S. The Morgan fingerprint density at radius 1 is 1.21 bits per heavy atom. The van der Waals surface area contributed by atoms with Crippen molar-refractivity contribution in [1.29, 1.82) is 0 Å². The maximum absolute atomic E-state index is 12.4. The van der Waals surface area contributed by atoms with E-state index in [-0.39, 0.29) is 5.25 Å². The number of nitrogens with zero attached hydrogens (tertiary/aromatic N) is 6. The summed E-state index contributed by atoms with van der Waals surface area (Å²) in [5.74, 6) is 6.31. The molecule has 1 aliphatic carbocycles. The van der Waals surface area contributed by atoms with Crippen molar-refractivity contribution in [2.45, 2.75) is 23.8 Å². The standard InChI is InChI=1S/C21H21N9O2S/c1-29-12-14(9-26-29)2-3-15-10-25-21(23,8-18(15)22)19-6-7-24-20(28-19)16-11-27-30(13-16)33(31,32)17-4-5-17/h6-13,17,25H,4-5,22-23H2,1H3. The fraction of sp³-hybridized carbons (Fsp3) is 0.238. The third-order valence-electron chi connectivity index (χ3n) is 5.30. The van der Waals surface area contributed by atoms with E-state index in [4.69, 9.17) is 11.5 Å². The smallest absolute Gasteiger partial charge is 0.256 e. The average Bonchev–Trinajstić information content (AvgIpc) is 3.39. The van der Waals surface area contributed by atoms with E-state index in [0.717, 1.165) is 9.65 Å². The minimum atomic E-state index is -3.47. The lowest BCUT2D eigenvalue weighted by molar-refractivity contribution is 0.472. The van der Waals surface area contributed by atoms with Crippen LogP contribution < -0.4 is 16.8 Å². The van der Waals surface area contributed by atoms with E-state index in [2.05, 4.69) is 37.3 Å². The molecule has 2 aliphatic rings. The highest BCUT2D eigenvalue weighted by atomic mass is 32.2. The molecule has 1 aliphatic heterocycles. The molecule has 3 aromatic heterocycles. The van der Waals surface area contributed by atoms with Gasteiger partial charge in [0.2, 0.25) is 0 Å². The summed E-state index contributed by atoms with van der Waals surface area (Å²) in [6, 6.07) is 1.66. The van der Waals surface area contributed by atoms with Crippen LogP contribution in [0.4, 0.5) is 0 Å². The van der Waals surface area contributed by atoms with Crippen LogP contribution in [0.1, 0.15) is 24.1 Å². The molecular weight excluding hydrogens is 442 g/mol. The molecule has 1 fully saturated rings. The third kappa shape index (κ3) is 3.99. The zero-order chi connectivity index (χ0) is 23.2. The van der Waals surface area contributed by atoms with Crippen molar-refractivity contribution >= 4 is 10.0 Å². The molecule has 0 aromatic carbocycles. The molecule has 1 unspecified atom stereocenters. The van der Waals surface area contributed by atoms with Crippen molar-refractivity contribution in [1.82, 2.24) is 34.3 Å². The summed E-state index contributed by atoms with van der Waals surface area (Å²) in [4.78, 5) is 8.78. The summed E-state index contributed by atoms with van der Waals surface area (Å²) in [5, 5.41) is 10.8. The van der Waals surface area contributed by atoms with Crippen LogP contribution in [0, 0.1) is 11.8 Å². The Labute approximate surface area is 190 Å². The molecule has 0 saturated heterocycles. The number of aryl methyl sites for hydroxylation is 1. The van der Waals surface area contributed by atoms with Gasteiger partial charge >= 0.3 is 0 Å². The molecule has 11 nitrogen and oxygen atoms in total. The van der Waals surface area contributed by atoms with Crippen LogP contribution in [-0.4, -0.2) is 42.6 Å². The lowest BCUT2D eigenvalue weighted by atomic mass is 9.99. The van der Waals surface area contributed by atoms with Crippen LogP contribution in [0.5, 0.6) is 0 Å².